The summed E-state index contributed by atoms with van der Waals surface area (Å²) in [5.41, 5.74) is 5.66. The molecule has 0 aromatic rings. The zero-order chi connectivity index (χ0) is 15.2. The van der Waals surface area contributed by atoms with Crippen molar-refractivity contribution in [2.24, 2.45) is 17.6 Å². The van der Waals surface area contributed by atoms with Crippen LogP contribution in [0.15, 0.2) is 0 Å². The summed E-state index contributed by atoms with van der Waals surface area (Å²) in [5, 5.41) is 2.70. The van der Waals surface area contributed by atoms with Crippen molar-refractivity contribution >= 4 is 11.8 Å². The van der Waals surface area contributed by atoms with Gasteiger partial charge in [-0.05, 0) is 51.0 Å². The van der Waals surface area contributed by atoms with E-state index in [2.05, 4.69) is 5.32 Å². The molecule has 2 aliphatic rings. The first-order valence-corrected chi connectivity index (χ1v) is 8.39. The minimum atomic E-state index is -0.258. The van der Waals surface area contributed by atoms with Gasteiger partial charge in [0.05, 0.1) is 0 Å². The third-order valence-corrected chi connectivity index (χ3v) is 5.04. The van der Waals surface area contributed by atoms with Crippen LogP contribution >= 0.6 is 0 Å². The first-order chi connectivity index (χ1) is 10.2. The Kier molecular flexibility index (Phi) is 6.03. The average Bonchev–Trinajstić information content (AvgIpc) is 2.54. The Morgan fingerprint density at radius 1 is 1.19 bits per heavy atom. The van der Waals surface area contributed by atoms with Gasteiger partial charge >= 0.3 is 0 Å². The van der Waals surface area contributed by atoms with Crippen LogP contribution in [0.3, 0.4) is 0 Å². The minimum absolute atomic E-state index is 0.0163. The number of hydrogen-bond acceptors (Lipinski definition) is 3. The fourth-order valence-corrected chi connectivity index (χ4v) is 3.88. The van der Waals surface area contributed by atoms with E-state index < -0.39 is 0 Å². The Morgan fingerprint density at radius 2 is 2.00 bits per heavy atom. The second-order valence-corrected chi connectivity index (χ2v) is 6.46. The van der Waals surface area contributed by atoms with Crippen LogP contribution in [0, 0.1) is 11.8 Å². The Balaban J connectivity index is 2.01. The lowest BCUT2D eigenvalue weighted by molar-refractivity contribution is -0.146. The quantitative estimate of drug-likeness (QED) is 0.820. The van der Waals surface area contributed by atoms with Gasteiger partial charge in [0.25, 0.3) is 0 Å². The molecule has 3 atom stereocenters. The lowest BCUT2D eigenvalue weighted by atomic mass is 9.79. The molecule has 1 aliphatic heterocycles. The average molecular weight is 295 g/mol. The smallest absolute Gasteiger partial charge is 0.242 e. The van der Waals surface area contributed by atoms with E-state index in [4.69, 9.17) is 5.73 Å². The molecule has 1 aliphatic carbocycles. The second kappa shape index (κ2) is 7.78. The van der Waals surface area contributed by atoms with Gasteiger partial charge in [-0.2, -0.15) is 0 Å². The van der Waals surface area contributed by atoms with Gasteiger partial charge in [0.2, 0.25) is 11.8 Å². The summed E-state index contributed by atoms with van der Waals surface area (Å²) in [7, 11) is 1.65. The monoisotopic (exact) mass is 295 g/mol. The van der Waals surface area contributed by atoms with Crippen molar-refractivity contribution in [1.29, 1.82) is 0 Å². The number of nitrogens with one attached hydrogen (secondary N) is 1. The summed E-state index contributed by atoms with van der Waals surface area (Å²) in [4.78, 5) is 26.7. The van der Waals surface area contributed by atoms with E-state index in [1.807, 2.05) is 4.90 Å². The summed E-state index contributed by atoms with van der Waals surface area (Å²) < 4.78 is 0. The van der Waals surface area contributed by atoms with E-state index in [0.717, 1.165) is 51.5 Å². The second-order valence-electron chi connectivity index (χ2n) is 6.46. The molecular formula is C16H29N3O2. The number of rotatable bonds is 4. The number of hydrogen-bond donors (Lipinski definition) is 2. The molecule has 0 bridgehead atoms. The van der Waals surface area contributed by atoms with Gasteiger partial charge in [0.1, 0.15) is 6.04 Å². The molecule has 1 saturated carbocycles. The van der Waals surface area contributed by atoms with Gasteiger partial charge in [0, 0.05) is 19.5 Å². The van der Waals surface area contributed by atoms with Crippen molar-refractivity contribution in [3.8, 4) is 0 Å². The van der Waals surface area contributed by atoms with Crippen molar-refractivity contribution in [3.05, 3.63) is 0 Å². The number of nitrogens with two attached hydrogens (primary N) is 1. The van der Waals surface area contributed by atoms with E-state index in [1.54, 1.807) is 7.05 Å². The van der Waals surface area contributed by atoms with Crippen LogP contribution in [0.4, 0.5) is 0 Å². The summed E-state index contributed by atoms with van der Waals surface area (Å²) in [6, 6.07) is -0.258. The number of likely N-dealkylation sites (tertiary alicyclic amines) is 1. The highest BCUT2D eigenvalue weighted by Crippen LogP contribution is 2.33. The molecule has 0 spiro atoms. The molecule has 0 aromatic carbocycles. The number of likely N-dealkylation sites (N-methyl/N-ethyl adjacent to an activating group) is 1. The SMILES string of the molecule is CNC(=O)C1CCCCN1C(=O)C1CCCC(CCN)C1. The molecule has 1 heterocycles. The van der Waals surface area contributed by atoms with Crippen molar-refractivity contribution in [2.75, 3.05) is 20.1 Å². The maximum absolute atomic E-state index is 12.8. The van der Waals surface area contributed by atoms with Crippen LogP contribution in [0.5, 0.6) is 0 Å². The van der Waals surface area contributed by atoms with E-state index in [9.17, 15) is 9.59 Å². The molecule has 5 heteroatoms. The van der Waals surface area contributed by atoms with E-state index >= 15 is 0 Å². The zero-order valence-electron chi connectivity index (χ0n) is 13.1. The highest BCUT2D eigenvalue weighted by Gasteiger charge is 2.36. The van der Waals surface area contributed by atoms with E-state index in [-0.39, 0.29) is 23.8 Å². The molecule has 0 aromatic heterocycles. The van der Waals surface area contributed by atoms with Crippen molar-refractivity contribution in [2.45, 2.75) is 57.4 Å². The number of amides is 2. The molecule has 3 N–H and O–H groups in total. The zero-order valence-corrected chi connectivity index (χ0v) is 13.1. The molecule has 5 nitrogen and oxygen atoms in total. The van der Waals surface area contributed by atoms with Gasteiger partial charge in [-0.3, -0.25) is 9.59 Å². The standard InChI is InChI=1S/C16H29N3O2/c1-18-15(20)14-7-2-3-10-19(14)16(21)13-6-4-5-12(11-13)8-9-17/h12-14H,2-11,17H2,1H3,(H,18,20). The Labute approximate surface area is 127 Å². The summed E-state index contributed by atoms with van der Waals surface area (Å²) in [5.74, 6) is 0.865. The predicted octanol–water partition coefficient (Wildman–Crippen LogP) is 1.27. The Bertz CT molecular complexity index is 371. The molecule has 0 radical (unpaired) electrons. The first kappa shape index (κ1) is 16.3. The maximum atomic E-state index is 12.8. The Hall–Kier alpha value is -1.10. The van der Waals surface area contributed by atoms with Gasteiger partial charge in [-0.1, -0.05) is 12.8 Å². The largest absolute Gasteiger partial charge is 0.357 e. The van der Waals surface area contributed by atoms with Crippen LogP contribution in [-0.2, 0) is 9.59 Å². The third-order valence-electron chi connectivity index (χ3n) is 5.04. The molecule has 2 amide bonds. The lowest BCUT2D eigenvalue weighted by Gasteiger charge is -2.38. The summed E-state index contributed by atoms with van der Waals surface area (Å²) >= 11 is 0. The fraction of sp³-hybridized carbons (Fsp3) is 0.875. The Morgan fingerprint density at radius 3 is 2.71 bits per heavy atom. The minimum Gasteiger partial charge on any atom is -0.357 e. The van der Waals surface area contributed by atoms with Crippen LogP contribution in [-0.4, -0.2) is 42.9 Å². The summed E-state index contributed by atoms with van der Waals surface area (Å²) in [6.07, 6.45) is 8.08. The lowest BCUT2D eigenvalue weighted by Crippen LogP contribution is -2.53. The van der Waals surface area contributed by atoms with Crippen LogP contribution in [0.25, 0.3) is 0 Å². The number of carbonyl (C=O) groups is 2. The molecule has 2 rings (SSSR count). The molecule has 120 valence electrons. The number of piperidine rings is 1. The fourth-order valence-electron chi connectivity index (χ4n) is 3.88. The number of nitrogens with zero attached hydrogens (tertiary/aromatic N) is 1. The van der Waals surface area contributed by atoms with Crippen LogP contribution in [0.2, 0.25) is 0 Å². The van der Waals surface area contributed by atoms with Crippen molar-refractivity contribution < 1.29 is 9.59 Å². The molecule has 1 saturated heterocycles. The molecule has 3 unspecified atom stereocenters. The highest BCUT2D eigenvalue weighted by molar-refractivity contribution is 5.88. The van der Waals surface area contributed by atoms with E-state index in [0.29, 0.717) is 12.5 Å². The third kappa shape index (κ3) is 3.96. The van der Waals surface area contributed by atoms with Gasteiger partial charge in [-0.25, -0.2) is 0 Å². The van der Waals surface area contributed by atoms with Gasteiger partial charge in [0.15, 0.2) is 0 Å². The van der Waals surface area contributed by atoms with Crippen LogP contribution < -0.4 is 11.1 Å². The van der Waals surface area contributed by atoms with Gasteiger partial charge < -0.3 is 16.0 Å². The van der Waals surface area contributed by atoms with Crippen molar-refractivity contribution in [1.82, 2.24) is 10.2 Å². The van der Waals surface area contributed by atoms with Gasteiger partial charge in [-0.15, -0.1) is 0 Å². The number of carbonyl (C=O) groups excluding carboxylic acids is 2. The van der Waals surface area contributed by atoms with E-state index in [1.165, 1.54) is 6.42 Å². The molecule has 21 heavy (non-hydrogen) atoms. The maximum Gasteiger partial charge on any atom is 0.242 e. The van der Waals surface area contributed by atoms with Crippen LogP contribution in [0.1, 0.15) is 51.4 Å². The normalized spacial score (nSPS) is 30.0. The molecular weight excluding hydrogens is 266 g/mol. The summed E-state index contributed by atoms with van der Waals surface area (Å²) in [6.45, 7) is 1.44. The molecule has 2 fully saturated rings. The topological polar surface area (TPSA) is 75.4 Å². The highest BCUT2D eigenvalue weighted by atomic mass is 16.2. The predicted molar refractivity (Wildman–Crippen MR) is 82.5 cm³/mol. The van der Waals surface area contributed by atoms with Crippen molar-refractivity contribution in [3.63, 3.8) is 0 Å². The first-order valence-electron chi connectivity index (χ1n) is 8.39.